The van der Waals surface area contributed by atoms with E-state index in [1.54, 1.807) is 39.8 Å². The van der Waals surface area contributed by atoms with Gasteiger partial charge in [0.15, 0.2) is 0 Å². The lowest BCUT2D eigenvalue weighted by Crippen LogP contribution is -2.47. The second-order valence-electron chi connectivity index (χ2n) is 8.66. The molecule has 1 aliphatic rings. The van der Waals surface area contributed by atoms with E-state index in [1.165, 1.54) is 30.3 Å². The zero-order chi connectivity index (χ0) is 24.6. The molecule has 0 N–H and O–H groups in total. The molecule has 0 spiro atoms. The van der Waals surface area contributed by atoms with Crippen LogP contribution in [-0.2, 0) is 30.4 Å². The van der Waals surface area contributed by atoms with Crippen LogP contribution in [0.3, 0.4) is 0 Å². The maximum atomic E-state index is 16.0. The Morgan fingerprint density at radius 3 is 2.12 bits per heavy atom. The maximum Gasteiger partial charge on any atom is 0.370 e. The van der Waals surface area contributed by atoms with E-state index in [2.05, 4.69) is 0 Å². The van der Waals surface area contributed by atoms with Gasteiger partial charge in [0, 0.05) is 0 Å². The summed E-state index contributed by atoms with van der Waals surface area (Å²) in [7, 11) is -7.24. The van der Waals surface area contributed by atoms with Gasteiger partial charge in [-0.25, -0.2) is 16.9 Å². The molecule has 0 aliphatic carbocycles. The van der Waals surface area contributed by atoms with Gasteiger partial charge in [-0.1, -0.05) is 42.5 Å². The average Bonchev–Trinajstić information content (AvgIpc) is 3.07. The molecule has 3 atom stereocenters. The molecule has 10 heteroatoms. The molecule has 0 bridgehead atoms. The standard InChI is InChI=1S/C23H27F2NO5S2/c1-5-31-20(27)15-19-17-13-9-10-14-18(17)21(26(19)32(28)22(2,3)4)23(24,25)33(29,30)16-11-7-6-8-12-16/h6-14,19,21H,5,15H2,1-4H3/t19-,21-,32?/m0/s1. The molecule has 1 heterocycles. The Kier molecular flexibility index (Phi) is 7.12. The van der Waals surface area contributed by atoms with E-state index in [1.807, 2.05) is 0 Å². The van der Waals surface area contributed by atoms with Crippen LogP contribution < -0.4 is 0 Å². The molecular weight excluding hydrogens is 472 g/mol. The summed E-state index contributed by atoms with van der Waals surface area (Å²) in [5.41, 5.74) is 0.352. The third-order valence-electron chi connectivity index (χ3n) is 5.32. The predicted molar refractivity (Wildman–Crippen MR) is 121 cm³/mol. The lowest BCUT2D eigenvalue weighted by molar-refractivity contribution is -0.144. The first-order valence-corrected chi connectivity index (χ1v) is 13.0. The molecular formula is C23H27F2NO5S2. The molecule has 1 aliphatic heterocycles. The number of rotatable bonds is 7. The highest BCUT2D eigenvalue weighted by Crippen LogP contribution is 2.55. The largest absolute Gasteiger partial charge is 0.466 e. The number of hydrogen-bond acceptors (Lipinski definition) is 5. The highest BCUT2D eigenvalue weighted by molar-refractivity contribution is 7.92. The summed E-state index contributed by atoms with van der Waals surface area (Å²) in [4.78, 5) is 11.8. The number of esters is 1. The van der Waals surface area contributed by atoms with Gasteiger partial charge in [0.2, 0.25) is 9.84 Å². The van der Waals surface area contributed by atoms with Crippen molar-refractivity contribution < 1.29 is 30.9 Å². The topological polar surface area (TPSA) is 80.8 Å². The summed E-state index contributed by atoms with van der Waals surface area (Å²) in [5.74, 6) is -0.650. The quantitative estimate of drug-likeness (QED) is 0.522. The fourth-order valence-electron chi connectivity index (χ4n) is 3.86. The molecule has 2 aromatic carbocycles. The second-order valence-corrected chi connectivity index (χ2v) is 12.8. The van der Waals surface area contributed by atoms with E-state index in [9.17, 15) is 17.4 Å². The summed E-state index contributed by atoms with van der Waals surface area (Å²) in [5, 5.41) is -4.34. The average molecular weight is 500 g/mol. The molecule has 0 saturated carbocycles. The number of carbonyl (C=O) groups excluding carboxylic acids is 1. The van der Waals surface area contributed by atoms with Crippen molar-refractivity contribution in [3.63, 3.8) is 0 Å². The molecule has 0 fully saturated rings. The predicted octanol–water partition coefficient (Wildman–Crippen LogP) is 4.57. The van der Waals surface area contributed by atoms with Gasteiger partial charge in [0.1, 0.15) is 17.0 Å². The minimum absolute atomic E-state index is 0.0221. The Labute approximate surface area is 195 Å². The van der Waals surface area contributed by atoms with E-state index in [0.29, 0.717) is 5.56 Å². The van der Waals surface area contributed by atoms with Crippen molar-refractivity contribution in [2.24, 2.45) is 0 Å². The lowest BCUT2D eigenvalue weighted by atomic mass is 10.0. The first-order valence-electron chi connectivity index (χ1n) is 10.5. The monoisotopic (exact) mass is 499 g/mol. The van der Waals surface area contributed by atoms with Crippen LogP contribution in [0.2, 0.25) is 0 Å². The highest BCUT2D eigenvalue weighted by atomic mass is 32.2. The zero-order valence-electron chi connectivity index (χ0n) is 18.8. The van der Waals surface area contributed by atoms with Gasteiger partial charge >= 0.3 is 11.2 Å². The van der Waals surface area contributed by atoms with Crippen molar-refractivity contribution in [1.29, 1.82) is 0 Å². The summed E-state index contributed by atoms with van der Waals surface area (Å²) in [6, 6.07) is 9.43. The number of alkyl halides is 2. The molecule has 3 rings (SSSR count). The van der Waals surface area contributed by atoms with Gasteiger partial charge in [-0.15, -0.1) is 0 Å². The van der Waals surface area contributed by atoms with Gasteiger partial charge in [-0.05, 0) is 51.0 Å². The van der Waals surface area contributed by atoms with Gasteiger partial charge in [0.25, 0.3) is 0 Å². The maximum absolute atomic E-state index is 16.0. The van der Waals surface area contributed by atoms with Crippen LogP contribution in [0.4, 0.5) is 8.78 Å². The first kappa shape index (κ1) is 25.5. The first-order chi connectivity index (χ1) is 15.3. The fourth-order valence-corrected chi connectivity index (χ4v) is 6.78. The van der Waals surface area contributed by atoms with Gasteiger partial charge < -0.3 is 4.74 Å². The molecule has 0 radical (unpaired) electrons. The van der Waals surface area contributed by atoms with Crippen molar-refractivity contribution in [2.45, 2.75) is 61.1 Å². The van der Waals surface area contributed by atoms with Crippen LogP contribution in [0.25, 0.3) is 0 Å². The van der Waals surface area contributed by atoms with Crippen molar-refractivity contribution in [2.75, 3.05) is 6.61 Å². The van der Waals surface area contributed by atoms with Crippen molar-refractivity contribution >= 4 is 26.8 Å². The SMILES string of the molecule is CCOC(=O)C[C@H]1c2ccccc2[C@@H](C(F)(F)S(=O)(=O)c2ccccc2)N1S(=O)C(C)(C)C. The molecule has 33 heavy (non-hydrogen) atoms. The van der Waals surface area contributed by atoms with Crippen LogP contribution >= 0.6 is 0 Å². The Bertz CT molecular complexity index is 1150. The molecule has 0 saturated heterocycles. The molecule has 0 aromatic heterocycles. The van der Waals surface area contributed by atoms with Crippen LogP contribution in [0.5, 0.6) is 0 Å². The van der Waals surface area contributed by atoms with Crippen LogP contribution in [0.1, 0.15) is 57.3 Å². The number of ether oxygens (including phenoxy) is 1. The summed E-state index contributed by atoms with van der Waals surface area (Å²) < 4.78 is 76.9. The number of fused-ring (bicyclic) bond motifs is 1. The number of benzene rings is 2. The normalized spacial score (nSPS) is 20.3. The number of nitrogens with zero attached hydrogens (tertiary/aromatic N) is 1. The van der Waals surface area contributed by atoms with E-state index in [-0.39, 0.29) is 18.6 Å². The van der Waals surface area contributed by atoms with Crippen molar-refractivity contribution in [3.05, 3.63) is 65.7 Å². The van der Waals surface area contributed by atoms with Crippen molar-refractivity contribution in [1.82, 2.24) is 4.31 Å². The molecule has 180 valence electrons. The summed E-state index contributed by atoms with van der Waals surface area (Å²) in [6.45, 7) is 6.53. The van der Waals surface area contributed by atoms with Crippen LogP contribution in [0.15, 0.2) is 59.5 Å². The van der Waals surface area contributed by atoms with Gasteiger partial charge in [-0.3, -0.25) is 4.79 Å². The minimum Gasteiger partial charge on any atom is -0.466 e. The highest BCUT2D eigenvalue weighted by Gasteiger charge is 2.62. The molecule has 6 nitrogen and oxygen atoms in total. The van der Waals surface area contributed by atoms with Gasteiger partial charge in [-0.2, -0.15) is 8.78 Å². The Balaban J connectivity index is 2.23. The number of sulfone groups is 1. The number of halogens is 2. The zero-order valence-corrected chi connectivity index (χ0v) is 20.5. The molecule has 2 aromatic rings. The molecule has 0 amide bonds. The van der Waals surface area contributed by atoms with Crippen molar-refractivity contribution in [3.8, 4) is 0 Å². The van der Waals surface area contributed by atoms with E-state index in [0.717, 1.165) is 16.4 Å². The number of hydrogen-bond donors (Lipinski definition) is 0. The fraction of sp³-hybridized carbons (Fsp3) is 0.435. The smallest absolute Gasteiger partial charge is 0.370 e. The Morgan fingerprint density at radius 1 is 1.03 bits per heavy atom. The van der Waals surface area contributed by atoms with Gasteiger partial charge in [0.05, 0.1) is 28.7 Å². The third-order valence-corrected chi connectivity index (χ3v) is 9.05. The van der Waals surface area contributed by atoms with E-state index < -0.39 is 53.8 Å². The Hall–Kier alpha value is -2.17. The minimum atomic E-state index is -5.16. The van der Waals surface area contributed by atoms with E-state index >= 15 is 8.78 Å². The second kappa shape index (κ2) is 9.23. The van der Waals surface area contributed by atoms with Crippen LogP contribution in [0, 0.1) is 0 Å². The Morgan fingerprint density at radius 2 is 1.58 bits per heavy atom. The third kappa shape index (κ3) is 4.61. The number of carbonyl (C=O) groups is 1. The lowest BCUT2D eigenvalue weighted by Gasteiger charge is -2.37. The van der Waals surface area contributed by atoms with Crippen LogP contribution in [-0.4, -0.2) is 39.5 Å². The summed E-state index contributed by atoms with van der Waals surface area (Å²) >= 11 is 0. The summed E-state index contributed by atoms with van der Waals surface area (Å²) in [6.07, 6.45) is -0.343. The van der Waals surface area contributed by atoms with E-state index in [4.69, 9.17) is 4.74 Å². The molecule has 1 unspecified atom stereocenters.